The second kappa shape index (κ2) is 5.61. The third-order valence-corrected chi connectivity index (χ3v) is 2.04. The molecule has 0 amide bonds. The Bertz CT molecular complexity index is 318. The zero-order chi connectivity index (χ0) is 10.4. The van der Waals surface area contributed by atoms with E-state index >= 15 is 0 Å². The van der Waals surface area contributed by atoms with E-state index in [1.165, 1.54) is 0 Å². The standard InChI is InChI=1S/C10H11ClN2O/c11-9-3-1-8(2-4-9)10(7-12)13-5-6-14/h1-4,10,13-14H,5-6H2. The number of rotatable bonds is 4. The summed E-state index contributed by atoms with van der Waals surface area (Å²) in [5, 5.41) is 21.0. The highest BCUT2D eigenvalue weighted by molar-refractivity contribution is 6.30. The monoisotopic (exact) mass is 210 g/mol. The van der Waals surface area contributed by atoms with Gasteiger partial charge < -0.3 is 5.11 Å². The van der Waals surface area contributed by atoms with E-state index in [9.17, 15) is 0 Å². The molecule has 0 radical (unpaired) electrons. The number of halogens is 1. The lowest BCUT2D eigenvalue weighted by Crippen LogP contribution is -2.23. The average molecular weight is 211 g/mol. The van der Waals surface area contributed by atoms with Crippen LogP contribution in [0, 0.1) is 11.3 Å². The number of benzene rings is 1. The topological polar surface area (TPSA) is 56.0 Å². The van der Waals surface area contributed by atoms with Crippen LogP contribution in [0.5, 0.6) is 0 Å². The van der Waals surface area contributed by atoms with Crippen molar-refractivity contribution in [3.8, 4) is 6.07 Å². The Morgan fingerprint density at radius 2 is 2.07 bits per heavy atom. The number of nitrogens with one attached hydrogen (secondary N) is 1. The van der Waals surface area contributed by atoms with Gasteiger partial charge in [-0.15, -0.1) is 0 Å². The van der Waals surface area contributed by atoms with Crippen LogP contribution >= 0.6 is 11.6 Å². The van der Waals surface area contributed by atoms with Crippen molar-refractivity contribution in [2.75, 3.05) is 13.2 Å². The average Bonchev–Trinajstić information content (AvgIpc) is 2.21. The first-order valence-electron chi connectivity index (χ1n) is 4.27. The fourth-order valence-corrected chi connectivity index (χ4v) is 1.23. The number of hydrogen-bond acceptors (Lipinski definition) is 3. The predicted molar refractivity (Wildman–Crippen MR) is 54.9 cm³/mol. The van der Waals surface area contributed by atoms with Gasteiger partial charge in [0, 0.05) is 11.6 Å². The van der Waals surface area contributed by atoms with Gasteiger partial charge in [-0.1, -0.05) is 23.7 Å². The lowest BCUT2D eigenvalue weighted by Gasteiger charge is -2.10. The zero-order valence-corrected chi connectivity index (χ0v) is 8.33. The van der Waals surface area contributed by atoms with E-state index in [4.69, 9.17) is 22.0 Å². The van der Waals surface area contributed by atoms with Crippen molar-refractivity contribution < 1.29 is 5.11 Å². The molecule has 0 aliphatic carbocycles. The molecule has 2 N–H and O–H groups in total. The second-order valence-electron chi connectivity index (χ2n) is 2.79. The molecule has 0 saturated carbocycles. The minimum absolute atomic E-state index is 0.0196. The van der Waals surface area contributed by atoms with Crippen LogP contribution in [0.1, 0.15) is 11.6 Å². The smallest absolute Gasteiger partial charge is 0.121 e. The first kappa shape index (κ1) is 11.0. The van der Waals surface area contributed by atoms with Gasteiger partial charge in [-0.05, 0) is 17.7 Å². The highest BCUT2D eigenvalue weighted by Crippen LogP contribution is 2.15. The molecule has 0 saturated heterocycles. The minimum atomic E-state index is -0.389. The van der Waals surface area contributed by atoms with Crippen LogP contribution in [0.4, 0.5) is 0 Å². The molecule has 0 fully saturated rings. The van der Waals surface area contributed by atoms with E-state index < -0.39 is 0 Å². The van der Waals surface area contributed by atoms with Crippen LogP contribution in [-0.2, 0) is 0 Å². The Morgan fingerprint density at radius 3 is 2.57 bits per heavy atom. The summed E-state index contributed by atoms with van der Waals surface area (Å²) in [6.07, 6.45) is 0. The quantitative estimate of drug-likeness (QED) is 0.792. The highest BCUT2D eigenvalue weighted by atomic mass is 35.5. The van der Waals surface area contributed by atoms with Crippen LogP contribution in [0.25, 0.3) is 0 Å². The lowest BCUT2D eigenvalue weighted by atomic mass is 10.1. The number of aliphatic hydroxyl groups is 1. The fraction of sp³-hybridized carbons (Fsp3) is 0.300. The van der Waals surface area contributed by atoms with Gasteiger partial charge in [-0.25, -0.2) is 0 Å². The van der Waals surface area contributed by atoms with Gasteiger partial charge in [0.25, 0.3) is 0 Å². The van der Waals surface area contributed by atoms with E-state index in [0.717, 1.165) is 5.56 Å². The third-order valence-electron chi connectivity index (χ3n) is 1.79. The minimum Gasteiger partial charge on any atom is -0.395 e. The number of nitrogens with zero attached hydrogens (tertiary/aromatic N) is 1. The SMILES string of the molecule is N#CC(NCCO)c1ccc(Cl)cc1. The zero-order valence-electron chi connectivity index (χ0n) is 7.57. The molecule has 0 aliphatic heterocycles. The van der Waals surface area contributed by atoms with Crippen molar-refractivity contribution in [1.82, 2.24) is 5.32 Å². The largest absolute Gasteiger partial charge is 0.395 e. The maximum Gasteiger partial charge on any atom is 0.121 e. The maximum atomic E-state index is 8.85. The molecule has 1 aromatic rings. The van der Waals surface area contributed by atoms with Crippen LogP contribution in [0.3, 0.4) is 0 Å². The van der Waals surface area contributed by atoms with Crippen molar-refractivity contribution in [2.24, 2.45) is 0 Å². The molecule has 74 valence electrons. The first-order valence-corrected chi connectivity index (χ1v) is 4.65. The van der Waals surface area contributed by atoms with Crippen molar-refractivity contribution >= 4 is 11.6 Å². The summed E-state index contributed by atoms with van der Waals surface area (Å²) in [5.41, 5.74) is 0.852. The highest BCUT2D eigenvalue weighted by Gasteiger charge is 2.08. The van der Waals surface area contributed by atoms with Crippen LogP contribution in [-0.4, -0.2) is 18.3 Å². The van der Waals surface area contributed by atoms with E-state index in [-0.39, 0.29) is 12.6 Å². The fourth-order valence-electron chi connectivity index (χ4n) is 1.10. The molecule has 1 rings (SSSR count). The van der Waals surface area contributed by atoms with Gasteiger partial charge in [0.2, 0.25) is 0 Å². The number of hydrogen-bond donors (Lipinski definition) is 2. The van der Waals surface area contributed by atoms with E-state index in [2.05, 4.69) is 11.4 Å². The van der Waals surface area contributed by atoms with E-state index in [0.29, 0.717) is 11.6 Å². The van der Waals surface area contributed by atoms with Crippen molar-refractivity contribution in [3.63, 3.8) is 0 Å². The molecule has 0 spiro atoms. The van der Waals surface area contributed by atoms with E-state index in [1.807, 2.05) is 0 Å². The molecule has 1 unspecified atom stereocenters. The second-order valence-corrected chi connectivity index (χ2v) is 3.23. The Kier molecular flexibility index (Phi) is 4.41. The summed E-state index contributed by atoms with van der Waals surface area (Å²) in [4.78, 5) is 0. The van der Waals surface area contributed by atoms with Gasteiger partial charge >= 0.3 is 0 Å². The first-order chi connectivity index (χ1) is 6.77. The van der Waals surface area contributed by atoms with Gasteiger partial charge in [-0.3, -0.25) is 5.32 Å². The maximum absolute atomic E-state index is 8.85. The molecule has 0 heterocycles. The molecular weight excluding hydrogens is 200 g/mol. The Labute approximate surface area is 87.9 Å². The summed E-state index contributed by atoms with van der Waals surface area (Å²) < 4.78 is 0. The van der Waals surface area contributed by atoms with Crippen molar-refractivity contribution in [1.29, 1.82) is 5.26 Å². The van der Waals surface area contributed by atoms with Crippen molar-refractivity contribution in [2.45, 2.75) is 6.04 Å². The lowest BCUT2D eigenvalue weighted by molar-refractivity contribution is 0.289. The Balaban J connectivity index is 2.70. The van der Waals surface area contributed by atoms with Crippen molar-refractivity contribution in [3.05, 3.63) is 34.9 Å². The number of aliphatic hydroxyl groups excluding tert-OH is 1. The molecule has 14 heavy (non-hydrogen) atoms. The normalized spacial score (nSPS) is 12.1. The summed E-state index contributed by atoms with van der Waals surface area (Å²) in [7, 11) is 0. The molecule has 3 nitrogen and oxygen atoms in total. The molecule has 1 atom stereocenters. The Morgan fingerprint density at radius 1 is 1.43 bits per heavy atom. The van der Waals surface area contributed by atoms with Crippen LogP contribution in [0.2, 0.25) is 5.02 Å². The molecule has 1 aromatic carbocycles. The molecular formula is C10H11ClN2O. The van der Waals surface area contributed by atoms with Gasteiger partial charge in [-0.2, -0.15) is 5.26 Å². The Hall–Kier alpha value is -1.08. The number of nitriles is 1. The van der Waals surface area contributed by atoms with E-state index in [1.54, 1.807) is 24.3 Å². The third kappa shape index (κ3) is 3.00. The molecule has 0 aliphatic rings. The molecule has 0 aromatic heterocycles. The summed E-state index contributed by atoms with van der Waals surface area (Å²) in [5.74, 6) is 0. The summed E-state index contributed by atoms with van der Waals surface area (Å²) in [6.45, 7) is 0.423. The summed E-state index contributed by atoms with van der Waals surface area (Å²) in [6, 6.07) is 8.78. The van der Waals surface area contributed by atoms with Gasteiger partial charge in [0.05, 0.1) is 12.7 Å². The van der Waals surface area contributed by atoms with Gasteiger partial charge in [0.1, 0.15) is 6.04 Å². The van der Waals surface area contributed by atoms with Gasteiger partial charge in [0.15, 0.2) is 0 Å². The van der Waals surface area contributed by atoms with Crippen LogP contribution < -0.4 is 5.32 Å². The van der Waals surface area contributed by atoms with Crippen LogP contribution in [0.15, 0.2) is 24.3 Å². The summed E-state index contributed by atoms with van der Waals surface area (Å²) >= 11 is 5.72. The predicted octanol–water partition coefficient (Wildman–Crippen LogP) is 1.49. The molecule has 4 heteroatoms. The molecule has 0 bridgehead atoms.